The van der Waals surface area contributed by atoms with Crippen LogP contribution in [-0.4, -0.2) is 0 Å². The molecule has 0 aliphatic heterocycles. The summed E-state index contributed by atoms with van der Waals surface area (Å²) in [6, 6.07) is 9.56. The highest BCUT2D eigenvalue weighted by Gasteiger charge is 2.14. The lowest BCUT2D eigenvalue weighted by atomic mass is 10.1. The summed E-state index contributed by atoms with van der Waals surface area (Å²) in [7, 11) is 0. The van der Waals surface area contributed by atoms with Crippen molar-refractivity contribution in [2.75, 3.05) is 5.32 Å². The second-order valence-electron chi connectivity index (χ2n) is 4.14. The molecule has 0 aliphatic rings. The van der Waals surface area contributed by atoms with E-state index < -0.39 is 0 Å². The molecule has 2 aromatic carbocycles. The molecule has 100 valence electrons. The average Bonchev–Trinajstić information content (AvgIpc) is 2.39. The fraction of sp³-hybridized carbons (Fsp3) is 0.143. The van der Waals surface area contributed by atoms with E-state index in [0.717, 1.165) is 11.3 Å². The van der Waals surface area contributed by atoms with Gasteiger partial charge in [-0.3, -0.25) is 0 Å². The molecule has 1 atom stereocenters. The Hall–Kier alpha value is -0.960. The number of nitrogens with one attached hydrogen (secondary N) is 1. The second kappa shape index (κ2) is 6.00. The molecule has 19 heavy (non-hydrogen) atoms. The standard InChI is InChI=1S/C14H11Cl3FN/c1-8(19-10-4-2-9(18)3-5-10)11-6-7-12(15)14(17)13(11)16/h2-8,19H,1H3. The number of benzene rings is 2. The van der Waals surface area contributed by atoms with Crippen LogP contribution in [0.15, 0.2) is 36.4 Å². The molecule has 2 rings (SSSR count). The van der Waals surface area contributed by atoms with Gasteiger partial charge in [-0.05, 0) is 42.8 Å². The number of halogens is 4. The largest absolute Gasteiger partial charge is 0.378 e. The van der Waals surface area contributed by atoms with Crippen molar-refractivity contribution in [1.82, 2.24) is 0 Å². The van der Waals surface area contributed by atoms with E-state index in [1.165, 1.54) is 12.1 Å². The molecule has 0 spiro atoms. The van der Waals surface area contributed by atoms with Crippen LogP contribution in [-0.2, 0) is 0 Å². The molecule has 0 saturated heterocycles. The first kappa shape index (κ1) is 14.4. The summed E-state index contributed by atoms with van der Waals surface area (Å²) in [6.07, 6.45) is 0. The van der Waals surface area contributed by atoms with Gasteiger partial charge in [-0.1, -0.05) is 40.9 Å². The quantitative estimate of drug-likeness (QED) is 0.689. The molecule has 0 bridgehead atoms. The summed E-state index contributed by atoms with van der Waals surface area (Å²) in [5, 5.41) is 4.41. The van der Waals surface area contributed by atoms with E-state index in [1.807, 2.05) is 13.0 Å². The van der Waals surface area contributed by atoms with Crippen LogP contribution in [0.5, 0.6) is 0 Å². The predicted molar refractivity (Wildman–Crippen MR) is 79.9 cm³/mol. The minimum atomic E-state index is -0.272. The highest BCUT2D eigenvalue weighted by Crippen LogP contribution is 2.36. The maximum absolute atomic E-state index is 12.8. The van der Waals surface area contributed by atoms with Gasteiger partial charge in [0.2, 0.25) is 0 Å². The third-order valence-corrected chi connectivity index (χ3v) is 4.07. The summed E-state index contributed by atoms with van der Waals surface area (Å²) in [6.45, 7) is 1.94. The number of anilines is 1. The molecule has 2 aromatic rings. The van der Waals surface area contributed by atoms with Crippen molar-refractivity contribution < 1.29 is 4.39 Å². The van der Waals surface area contributed by atoms with Crippen LogP contribution in [0.1, 0.15) is 18.5 Å². The summed E-state index contributed by atoms with van der Waals surface area (Å²) in [4.78, 5) is 0. The zero-order valence-electron chi connectivity index (χ0n) is 10.1. The molecular formula is C14H11Cl3FN. The molecule has 1 unspecified atom stereocenters. The van der Waals surface area contributed by atoms with E-state index in [0.29, 0.717) is 15.1 Å². The van der Waals surface area contributed by atoms with E-state index >= 15 is 0 Å². The first-order valence-corrected chi connectivity index (χ1v) is 6.78. The van der Waals surface area contributed by atoms with Gasteiger partial charge in [0.1, 0.15) is 5.82 Å². The van der Waals surface area contributed by atoms with Crippen LogP contribution >= 0.6 is 34.8 Å². The minimum absolute atomic E-state index is 0.0762. The molecule has 1 nitrogen and oxygen atoms in total. The highest BCUT2D eigenvalue weighted by molar-refractivity contribution is 6.48. The third kappa shape index (κ3) is 3.33. The Morgan fingerprint density at radius 1 is 0.947 bits per heavy atom. The lowest BCUT2D eigenvalue weighted by Gasteiger charge is -2.18. The number of hydrogen-bond acceptors (Lipinski definition) is 1. The zero-order chi connectivity index (χ0) is 14.0. The minimum Gasteiger partial charge on any atom is -0.378 e. The van der Waals surface area contributed by atoms with E-state index in [-0.39, 0.29) is 11.9 Å². The van der Waals surface area contributed by atoms with Gasteiger partial charge < -0.3 is 5.32 Å². The molecule has 0 aliphatic carbocycles. The molecule has 0 heterocycles. The normalized spacial score (nSPS) is 12.3. The Morgan fingerprint density at radius 2 is 1.58 bits per heavy atom. The van der Waals surface area contributed by atoms with E-state index in [9.17, 15) is 4.39 Å². The van der Waals surface area contributed by atoms with Gasteiger partial charge in [-0.2, -0.15) is 0 Å². The maximum Gasteiger partial charge on any atom is 0.123 e. The SMILES string of the molecule is CC(Nc1ccc(F)cc1)c1ccc(Cl)c(Cl)c1Cl. The van der Waals surface area contributed by atoms with Crippen molar-refractivity contribution in [2.24, 2.45) is 0 Å². The molecule has 5 heteroatoms. The predicted octanol–water partition coefficient (Wildman–Crippen LogP) is 5.96. The first-order valence-electron chi connectivity index (χ1n) is 5.64. The van der Waals surface area contributed by atoms with Gasteiger partial charge in [0.25, 0.3) is 0 Å². The molecule has 0 saturated carbocycles. The third-order valence-electron chi connectivity index (χ3n) is 2.76. The van der Waals surface area contributed by atoms with Gasteiger partial charge in [0.15, 0.2) is 0 Å². The van der Waals surface area contributed by atoms with Crippen molar-refractivity contribution in [1.29, 1.82) is 0 Å². The highest BCUT2D eigenvalue weighted by atomic mass is 35.5. The summed E-state index contributed by atoms with van der Waals surface area (Å²) >= 11 is 18.1. The van der Waals surface area contributed by atoms with E-state index in [2.05, 4.69) is 5.32 Å². The molecule has 0 aromatic heterocycles. The van der Waals surface area contributed by atoms with Crippen LogP contribution in [0, 0.1) is 5.82 Å². The molecule has 0 amide bonds. The van der Waals surface area contributed by atoms with Crippen LogP contribution in [0.3, 0.4) is 0 Å². The van der Waals surface area contributed by atoms with Crippen LogP contribution in [0.25, 0.3) is 0 Å². The van der Waals surface area contributed by atoms with Crippen molar-refractivity contribution in [3.8, 4) is 0 Å². The smallest absolute Gasteiger partial charge is 0.123 e. The van der Waals surface area contributed by atoms with Gasteiger partial charge in [-0.25, -0.2) is 4.39 Å². The van der Waals surface area contributed by atoms with Crippen molar-refractivity contribution in [3.05, 3.63) is 62.8 Å². The Bertz CT molecular complexity index is 584. The topological polar surface area (TPSA) is 12.0 Å². The second-order valence-corrected chi connectivity index (χ2v) is 5.30. The van der Waals surface area contributed by atoms with Gasteiger partial charge >= 0.3 is 0 Å². The lowest BCUT2D eigenvalue weighted by molar-refractivity contribution is 0.628. The Balaban J connectivity index is 2.23. The Morgan fingerprint density at radius 3 is 2.21 bits per heavy atom. The van der Waals surface area contributed by atoms with Crippen LogP contribution in [0.2, 0.25) is 15.1 Å². The monoisotopic (exact) mass is 317 g/mol. The number of rotatable bonds is 3. The average molecular weight is 319 g/mol. The summed E-state index contributed by atoms with van der Waals surface area (Å²) in [5.41, 5.74) is 1.64. The van der Waals surface area contributed by atoms with Crippen molar-refractivity contribution in [3.63, 3.8) is 0 Å². The molecule has 0 fully saturated rings. The number of hydrogen-bond donors (Lipinski definition) is 1. The fourth-order valence-electron chi connectivity index (χ4n) is 1.75. The molecular weight excluding hydrogens is 308 g/mol. The maximum atomic E-state index is 12.8. The van der Waals surface area contributed by atoms with Crippen LogP contribution in [0.4, 0.5) is 10.1 Å². The fourth-order valence-corrected chi connectivity index (χ4v) is 2.46. The zero-order valence-corrected chi connectivity index (χ0v) is 12.3. The van der Waals surface area contributed by atoms with E-state index in [1.54, 1.807) is 18.2 Å². The Labute approximate surface area is 126 Å². The van der Waals surface area contributed by atoms with Crippen molar-refractivity contribution in [2.45, 2.75) is 13.0 Å². The molecule has 0 radical (unpaired) electrons. The first-order chi connectivity index (χ1) is 8.99. The summed E-state index contributed by atoms with van der Waals surface area (Å²) < 4.78 is 12.8. The van der Waals surface area contributed by atoms with Gasteiger partial charge in [0, 0.05) is 5.69 Å². The van der Waals surface area contributed by atoms with Crippen molar-refractivity contribution >= 4 is 40.5 Å². The lowest BCUT2D eigenvalue weighted by Crippen LogP contribution is -2.07. The van der Waals surface area contributed by atoms with Crippen LogP contribution < -0.4 is 5.32 Å². The van der Waals surface area contributed by atoms with E-state index in [4.69, 9.17) is 34.8 Å². The summed E-state index contributed by atoms with van der Waals surface area (Å²) in [5.74, 6) is -0.272. The Kier molecular flexibility index (Phi) is 4.56. The van der Waals surface area contributed by atoms with Gasteiger partial charge in [0.05, 0.1) is 21.1 Å². The molecule has 1 N–H and O–H groups in total. The van der Waals surface area contributed by atoms with Gasteiger partial charge in [-0.15, -0.1) is 0 Å².